The monoisotopic (exact) mass is 330 g/mol. The van der Waals surface area contributed by atoms with Gasteiger partial charge >= 0.3 is 0 Å². The van der Waals surface area contributed by atoms with Crippen molar-refractivity contribution < 1.29 is 9.53 Å². The van der Waals surface area contributed by atoms with E-state index in [1.54, 1.807) is 0 Å². The molecule has 2 aromatic carbocycles. The second-order valence-electron chi connectivity index (χ2n) is 5.63. The molecule has 0 aromatic heterocycles. The van der Waals surface area contributed by atoms with Gasteiger partial charge < -0.3 is 4.74 Å². The van der Waals surface area contributed by atoms with Crippen molar-refractivity contribution in [1.82, 2.24) is 0 Å². The number of ether oxygens (including phenoxy) is 1. The Kier molecular flexibility index (Phi) is 4.67. The summed E-state index contributed by atoms with van der Waals surface area (Å²) < 4.78 is 5.61. The molecule has 0 unspecified atom stereocenters. The van der Waals surface area contributed by atoms with Crippen LogP contribution in [0.4, 0.5) is 5.69 Å². The fraction of sp³-hybridized carbons (Fsp3) is 0.143. The van der Waals surface area contributed by atoms with Gasteiger partial charge in [-0.25, -0.2) is 0 Å². The van der Waals surface area contributed by atoms with Gasteiger partial charge in [-0.05, 0) is 37.6 Å². The zero-order valence-electron chi connectivity index (χ0n) is 14.2. The minimum atomic E-state index is -0.145. The first-order valence-corrected chi connectivity index (χ1v) is 7.95. The van der Waals surface area contributed by atoms with Crippen molar-refractivity contribution in [1.29, 1.82) is 0 Å². The van der Waals surface area contributed by atoms with Crippen LogP contribution in [0.2, 0.25) is 0 Å². The molecule has 25 heavy (non-hydrogen) atoms. The lowest BCUT2D eigenvalue weighted by atomic mass is 9.97. The van der Waals surface area contributed by atoms with E-state index in [0.29, 0.717) is 17.0 Å². The summed E-state index contributed by atoms with van der Waals surface area (Å²) in [4.78, 5) is 12.9. The molecule has 0 N–H and O–H groups in total. The van der Waals surface area contributed by atoms with E-state index in [1.807, 2.05) is 68.4 Å². The number of hydrazone groups is 1. The van der Waals surface area contributed by atoms with Crippen LogP contribution in [0.5, 0.6) is 5.75 Å². The van der Waals surface area contributed by atoms with Gasteiger partial charge in [-0.3, -0.25) is 4.79 Å². The van der Waals surface area contributed by atoms with Crippen molar-refractivity contribution in [2.75, 3.05) is 11.6 Å². The molecule has 2 aromatic rings. The number of hydrogen-bond acceptors (Lipinski definition) is 3. The third-order valence-corrected chi connectivity index (χ3v) is 4.00. The van der Waals surface area contributed by atoms with E-state index in [-0.39, 0.29) is 12.5 Å². The number of para-hydroxylation sites is 2. The molecule has 1 heterocycles. The minimum absolute atomic E-state index is 0.145. The lowest BCUT2D eigenvalue weighted by molar-refractivity contribution is -0.114. The average Bonchev–Trinajstić information content (AvgIpc) is 2.94. The second kappa shape index (κ2) is 7.06. The van der Waals surface area contributed by atoms with Crippen LogP contribution in [0.25, 0.3) is 5.57 Å². The number of carbonyl (C=O) groups excluding carboxylic acids is 1. The van der Waals surface area contributed by atoms with Crippen LogP contribution in [0.3, 0.4) is 0 Å². The molecule has 4 heteroatoms. The minimum Gasteiger partial charge on any atom is -0.480 e. The summed E-state index contributed by atoms with van der Waals surface area (Å²) in [5, 5.41) is 5.86. The summed E-state index contributed by atoms with van der Waals surface area (Å²) in [6, 6.07) is 16.9. The van der Waals surface area contributed by atoms with Crippen LogP contribution in [0.15, 0.2) is 65.3 Å². The van der Waals surface area contributed by atoms with E-state index in [0.717, 1.165) is 16.8 Å². The van der Waals surface area contributed by atoms with Crippen molar-refractivity contribution in [3.8, 4) is 18.1 Å². The number of rotatable bonds is 4. The highest BCUT2D eigenvalue weighted by Crippen LogP contribution is 2.32. The topological polar surface area (TPSA) is 41.9 Å². The van der Waals surface area contributed by atoms with Crippen LogP contribution >= 0.6 is 0 Å². The second-order valence-corrected chi connectivity index (χ2v) is 5.63. The highest BCUT2D eigenvalue weighted by atomic mass is 16.5. The van der Waals surface area contributed by atoms with Gasteiger partial charge in [0.05, 0.1) is 17.0 Å². The van der Waals surface area contributed by atoms with Gasteiger partial charge in [0, 0.05) is 5.56 Å². The first kappa shape index (κ1) is 16.5. The zero-order valence-corrected chi connectivity index (χ0v) is 14.2. The summed E-state index contributed by atoms with van der Waals surface area (Å²) in [5.74, 6) is 2.97. The molecular formula is C21H18N2O2. The number of nitrogens with zero attached hydrogens (tertiary/aromatic N) is 2. The number of anilines is 1. The van der Waals surface area contributed by atoms with Crippen molar-refractivity contribution in [2.24, 2.45) is 5.10 Å². The van der Waals surface area contributed by atoms with E-state index in [9.17, 15) is 4.79 Å². The van der Waals surface area contributed by atoms with Gasteiger partial charge in [0.1, 0.15) is 12.4 Å². The Bertz CT molecular complexity index is 905. The SMILES string of the molecule is C#CCOc1ccccc1/C(C)=C1/C(=O)N(c2ccccc2)N=C1C. The maximum atomic E-state index is 12.9. The molecule has 4 nitrogen and oxygen atoms in total. The molecule has 0 fully saturated rings. The molecule has 0 saturated carbocycles. The van der Waals surface area contributed by atoms with Crippen LogP contribution in [0.1, 0.15) is 19.4 Å². The molecule has 1 aliphatic heterocycles. The molecule has 0 bridgehead atoms. The maximum Gasteiger partial charge on any atom is 0.280 e. The number of allylic oxidation sites excluding steroid dienone is 1. The quantitative estimate of drug-likeness (QED) is 0.630. The Morgan fingerprint density at radius 3 is 2.56 bits per heavy atom. The summed E-state index contributed by atoms with van der Waals surface area (Å²) in [5.41, 5.74) is 3.66. The summed E-state index contributed by atoms with van der Waals surface area (Å²) >= 11 is 0. The van der Waals surface area contributed by atoms with Crippen LogP contribution < -0.4 is 9.75 Å². The lowest BCUT2D eigenvalue weighted by Gasteiger charge is -2.14. The van der Waals surface area contributed by atoms with E-state index in [4.69, 9.17) is 11.2 Å². The molecule has 1 aliphatic rings. The molecule has 0 radical (unpaired) electrons. The van der Waals surface area contributed by atoms with Gasteiger partial charge in [0.25, 0.3) is 5.91 Å². The Balaban J connectivity index is 2.03. The van der Waals surface area contributed by atoms with Gasteiger partial charge in [-0.2, -0.15) is 10.1 Å². The predicted octanol–water partition coefficient (Wildman–Crippen LogP) is 3.89. The molecular weight excluding hydrogens is 312 g/mol. The number of hydrogen-bond donors (Lipinski definition) is 0. The zero-order chi connectivity index (χ0) is 17.8. The molecule has 0 aliphatic carbocycles. The standard InChI is InChI=1S/C21H18N2O2/c1-4-14-25-19-13-9-8-12-18(19)15(2)20-16(3)22-23(21(20)24)17-10-6-5-7-11-17/h1,5-13H,14H2,2-3H3/b20-15+. The van der Waals surface area contributed by atoms with E-state index in [2.05, 4.69) is 11.0 Å². The summed E-state index contributed by atoms with van der Waals surface area (Å²) in [6.45, 7) is 3.92. The van der Waals surface area contributed by atoms with Gasteiger partial charge in [0.2, 0.25) is 0 Å². The summed E-state index contributed by atoms with van der Waals surface area (Å²) in [6.07, 6.45) is 5.28. The Labute approximate surface area is 147 Å². The Morgan fingerprint density at radius 2 is 1.84 bits per heavy atom. The third-order valence-electron chi connectivity index (χ3n) is 4.00. The molecule has 0 spiro atoms. The first-order valence-electron chi connectivity index (χ1n) is 7.95. The van der Waals surface area contributed by atoms with Crippen LogP contribution in [-0.2, 0) is 4.79 Å². The van der Waals surface area contributed by atoms with E-state index in [1.165, 1.54) is 5.01 Å². The van der Waals surface area contributed by atoms with E-state index < -0.39 is 0 Å². The van der Waals surface area contributed by atoms with Crippen molar-refractivity contribution in [3.05, 3.63) is 65.7 Å². The smallest absolute Gasteiger partial charge is 0.280 e. The Morgan fingerprint density at radius 1 is 1.16 bits per heavy atom. The molecule has 1 amide bonds. The highest BCUT2D eigenvalue weighted by Gasteiger charge is 2.31. The lowest BCUT2D eigenvalue weighted by Crippen LogP contribution is -2.21. The molecule has 0 saturated heterocycles. The molecule has 124 valence electrons. The molecule has 3 rings (SSSR count). The first-order chi connectivity index (χ1) is 12.1. The largest absolute Gasteiger partial charge is 0.480 e. The number of terminal acetylenes is 1. The van der Waals surface area contributed by atoms with Crippen molar-refractivity contribution >= 4 is 22.9 Å². The average molecular weight is 330 g/mol. The van der Waals surface area contributed by atoms with Gasteiger partial charge in [0.15, 0.2) is 0 Å². The predicted molar refractivity (Wildman–Crippen MR) is 100 cm³/mol. The fourth-order valence-electron chi connectivity index (χ4n) is 2.84. The van der Waals surface area contributed by atoms with Crippen molar-refractivity contribution in [2.45, 2.75) is 13.8 Å². The molecule has 0 atom stereocenters. The number of carbonyl (C=O) groups is 1. The van der Waals surface area contributed by atoms with Crippen LogP contribution in [0, 0.1) is 12.3 Å². The summed E-state index contributed by atoms with van der Waals surface area (Å²) in [7, 11) is 0. The van der Waals surface area contributed by atoms with Crippen LogP contribution in [-0.4, -0.2) is 18.2 Å². The maximum absolute atomic E-state index is 12.9. The number of amides is 1. The normalized spacial score (nSPS) is 15.6. The number of benzene rings is 2. The third kappa shape index (κ3) is 3.17. The van der Waals surface area contributed by atoms with E-state index >= 15 is 0 Å². The Hall–Kier alpha value is -3.32. The van der Waals surface area contributed by atoms with Gasteiger partial charge in [-0.15, -0.1) is 6.42 Å². The fourth-order valence-corrected chi connectivity index (χ4v) is 2.84. The van der Waals surface area contributed by atoms with Crippen molar-refractivity contribution in [3.63, 3.8) is 0 Å². The van der Waals surface area contributed by atoms with Gasteiger partial charge in [-0.1, -0.05) is 42.3 Å². The highest BCUT2D eigenvalue weighted by molar-refractivity contribution is 6.33.